The fourth-order valence-electron chi connectivity index (χ4n) is 3.08. The molecule has 6 heteroatoms. The van der Waals surface area contributed by atoms with Crippen molar-refractivity contribution in [3.05, 3.63) is 35.4 Å². The largest absolute Gasteiger partial charge is 0.479 e. The lowest BCUT2D eigenvalue weighted by molar-refractivity contribution is -0.165. The monoisotopic (exact) mass is 321 g/mol. The number of hydrogen-bond donors (Lipinski definition) is 2. The van der Waals surface area contributed by atoms with Gasteiger partial charge in [-0.3, -0.25) is 4.79 Å². The maximum absolute atomic E-state index is 12.8. The Labute approximate surface area is 133 Å². The molecule has 2 aliphatic heterocycles. The number of aliphatic hydroxyl groups is 1. The molecule has 1 amide bonds. The van der Waals surface area contributed by atoms with Gasteiger partial charge in [-0.1, -0.05) is 24.3 Å². The zero-order chi connectivity index (χ0) is 15.7. The van der Waals surface area contributed by atoms with Crippen molar-refractivity contribution in [2.24, 2.45) is 0 Å². The Morgan fingerprint density at radius 1 is 1.23 bits per heavy atom. The van der Waals surface area contributed by atoms with E-state index in [-0.39, 0.29) is 24.0 Å². The van der Waals surface area contributed by atoms with E-state index < -0.39 is 11.6 Å². The number of carbonyl (C=O) groups excluding carboxylic acids is 1. The molecule has 1 aromatic rings. The van der Waals surface area contributed by atoms with Crippen LogP contribution in [-0.4, -0.2) is 51.4 Å². The van der Waals surface area contributed by atoms with Crippen molar-refractivity contribution in [3.63, 3.8) is 0 Å². The first kappa shape index (κ1) is 15.4. The summed E-state index contributed by atoms with van der Waals surface area (Å²) in [6, 6.07) is 8.00. The highest BCUT2D eigenvalue weighted by atomic mass is 32.2. The van der Waals surface area contributed by atoms with Gasteiger partial charge >= 0.3 is 5.97 Å². The van der Waals surface area contributed by atoms with Gasteiger partial charge in [0.1, 0.15) is 5.25 Å². The van der Waals surface area contributed by atoms with Gasteiger partial charge in [0.2, 0.25) is 5.91 Å². The molecule has 3 rings (SSSR count). The van der Waals surface area contributed by atoms with Crippen molar-refractivity contribution in [1.82, 2.24) is 4.90 Å². The first-order valence-electron chi connectivity index (χ1n) is 7.45. The first-order chi connectivity index (χ1) is 10.5. The summed E-state index contributed by atoms with van der Waals surface area (Å²) in [5.74, 6) is -0.248. The fourth-order valence-corrected chi connectivity index (χ4v) is 4.35. The van der Waals surface area contributed by atoms with Gasteiger partial charge in [0.25, 0.3) is 0 Å². The molecule has 1 saturated heterocycles. The number of likely N-dealkylation sites (tertiary alicyclic amines) is 1. The first-order valence-corrected chi connectivity index (χ1v) is 8.50. The van der Waals surface area contributed by atoms with Crippen molar-refractivity contribution >= 4 is 23.6 Å². The van der Waals surface area contributed by atoms with E-state index in [1.165, 1.54) is 5.56 Å². The molecule has 2 aliphatic rings. The van der Waals surface area contributed by atoms with Gasteiger partial charge in [-0.2, -0.15) is 0 Å². The Balaban J connectivity index is 1.73. The Hall–Kier alpha value is -1.53. The zero-order valence-corrected chi connectivity index (χ0v) is 13.0. The SMILES string of the molecule is O=C(C1SCCc2ccccc21)N1CCC(O)(C(=O)O)CC1. The topological polar surface area (TPSA) is 77.8 Å². The molecule has 1 unspecified atom stereocenters. The number of fused-ring (bicyclic) bond motifs is 1. The van der Waals surface area contributed by atoms with Gasteiger partial charge in [0, 0.05) is 25.9 Å². The summed E-state index contributed by atoms with van der Waals surface area (Å²) in [5, 5.41) is 18.8. The van der Waals surface area contributed by atoms with Crippen LogP contribution in [0, 0.1) is 0 Å². The minimum absolute atomic E-state index is 0.0320. The average Bonchev–Trinajstić information content (AvgIpc) is 2.54. The molecule has 0 bridgehead atoms. The van der Waals surface area contributed by atoms with Crippen LogP contribution in [0.5, 0.6) is 0 Å². The van der Waals surface area contributed by atoms with Crippen LogP contribution in [0.3, 0.4) is 0 Å². The van der Waals surface area contributed by atoms with Crippen molar-refractivity contribution in [2.75, 3.05) is 18.8 Å². The van der Waals surface area contributed by atoms with Crippen molar-refractivity contribution < 1.29 is 19.8 Å². The minimum Gasteiger partial charge on any atom is -0.479 e. The third-order valence-corrected chi connectivity index (χ3v) is 5.75. The van der Waals surface area contributed by atoms with E-state index in [9.17, 15) is 14.7 Å². The van der Waals surface area contributed by atoms with Crippen LogP contribution < -0.4 is 0 Å². The van der Waals surface area contributed by atoms with Gasteiger partial charge < -0.3 is 15.1 Å². The van der Waals surface area contributed by atoms with Crippen LogP contribution in [0.4, 0.5) is 0 Å². The van der Waals surface area contributed by atoms with Crippen LogP contribution in [0.25, 0.3) is 0 Å². The van der Waals surface area contributed by atoms with Crippen LogP contribution in [0.15, 0.2) is 24.3 Å². The summed E-state index contributed by atoms with van der Waals surface area (Å²) in [6.45, 7) is 0.585. The summed E-state index contributed by atoms with van der Waals surface area (Å²) in [6.07, 6.45) is 1.16. The Bertz CT molecular complexity index is 596. The van der Waals surface area contributed by atoms with E-state index in [2.05, 4.69) is 6.07 Å². The molecular weight excluding hydrogens is 302 g/mol. The predicted octanol–water partition coefficient (Wildman–Crippen LogP) is 1.46. The van der Waals surface area contributed by atoms with Gasteiger partial charge in [-0.05, 0) is 23.3 Å². The molecule has 0 spiro atoms. The van der Waals surface area contributed by atoms with Crippen LogP contribution in [0.1, 0.15) is 29.2 Å². The second kappa shape index (κ2) is 5.93. The second-order valence-corrected chi connectivity index (χ2v) is 7.07. The van der Waals surface area contributed by atoms with E-state index in [1.54, 1.807) is 16.7 Å². The minimum atomic E-state index is -1.69. The molecule has 0 aliphatic carbocycles. The van der Waals surface area contributed by atoms with E-state index in [0.717, 1.165) is 17.7 Å². The highest BCUT2D eigenvalue weighted by Crippen LogP contribution is 2.38. The van der Waals surface area contributed by atoms with E-state index in [1.807, 2.05) is 18.2 Å². The van der Waals surface area contributed by atoms with Crippen molar-refractivity contribution in [3.8, 4) is 0 Å². The van der Waals surface area contributed by atoms with Crippen molar-refractivity contribution in [1.29, 1.82) is 0 Å². The number of aryl methyl sites for hydroxylation is 1. The van der Waals surface area contributed by atoms with Gasteiger partial charge in [0.05, 0.1) is 0 Å². The number of rotatable bonds is 2. The molecule has 1 atom stereocenters. The molecule has 1 fully saturated rings. The number of thioether (sulfide) groups is 1. The van der Waals surface area contributed by atoms with Gasteiger partial charge in [-0.25, -0.2) is 4.79 Å². The number of hydrogen-bond acceptors (Lipinski definition) is 4. The Morgan fingerprint density at radius 2 is 1.91 bits per heavy atom. The van der Waals surface area contributed by atoms with Crippen molar-refractivity contribution in [2.45, 2.75) is 30.1 Å². The summed E-state index contributed by atoms with van der Waals surface area (Å²) >= 11 is 1.64. The zero-order valence-electron chi connectivity index (χ0n) is 12.2. The van der Waals surface area contributed by atoms with Crippen LogP contribution in [-0.2, 0) is 16.0 Å². The number of carboxylic acids is 1. The molecular formula is C16H19NO4S. The third kappa shape index (κ3) is 2.73. The standard InChI is InChI=1S/C16H19NO4S/c18-14(17-8-6-16(21,7-9-17)15(19)20)13-12-4-2-1-3-11(12)5-10-22-13/h1-4,13,21H,5-10H2,(H,19,20). The summed E-state index contributed by atoms with van der Waals surface area (Å²) < 4.78 is 0. The molecule has 1 aromatic carbocycles. The summed E-state index contributed by atoms with van der Waals surface area (Å²) in [7, 11) is 0. The molecule has 2 N–H and O–H groups in total. The maximum Gasteiger partial charge on any atom is 0.335 e. The van der Waals surface area contributed by atoms with Gasteiger partial charge in [-0.15, -0.1) is 11.8 Å². The molecule has 0 saturated carbocycles. The van der Waals surface area contributed by atoms with Crippen LogP contribution in [0.2, 0.25) is 0 Å². The van der Waals surface area contributed by atoms with E-state index >= 15 is 0 Å². The lowest BCUT2D eigenvalue weighted by atomic mass is 9.91. The predicted molar refractivity (Wildman–Crippen MR) is 83.7 cm³/mol. The highest BCUT2D eigenvalue weighted by molar-refractivity contribution is 8.00. The third-order valence-electron chi connectivity index (χ3n) is 4.52. The summed E-state index contributed by atoms with van der Waals surface area (Å²) in [5.41, 5.74) is 0.607. The fraction of sp³-hybridized carbons (Fsp3) is 0.500. The number of carboxylic acid groups (broad SMARTS) is 1. The Morgan fingerprint density at radius 3 is 2.59 bits per heavy atom. The molecule has 0 aromatic heterocycles. The van der Waals surface area contributed by atoms with Crippen LogP contribution >= 0.6 is 11.8 Å². The molecule has 0 radical (unpaired) electrons. The molecule has 2 heterocycles. The normalized spacial score (nSPS) is 23.7. The molecule has 5 nitrogen and oxygen atoms in total. The Kier molecular flexibility index (Phi) is 4.14. The number of nitrogens with zero attached hydrogens (tertiary/aromatic N) is 1. The average molecular weight is 321 g/mol. The highest BCUT2D eigenvalue weighted by Gasteiger charge is 2.42. The smallest absolute Gasteiger partial charge is 0.335 e. The second-order valence-electron chi connectivity index (χ2n) is 5.86. The number of carbonyl (C=O) groups is 2. The number of benzene rings is 1. The number of amides is 1. The lowest BCUT2D eigenvalue weighted by Crippen LogP contribution is -2.51. The molecule has 118 valence electrons. The number of piperidine rings is 1. The van der Waals surface area contributed by atoms with E-state index in [4.69, 9.17) is 5.11 Å². The maximum atomic E-state index is 12.8. The van der Waals surface area contributed by atoms with Gasteiger partial charge in [0.15, 0.2) is 5.60 Å². The lowest BCUT2D eigenvalue weighted by Gasteiger charge is -2.37. The molecule has 22 heavy (non-hydrogen) atoms. The summed E-state index contributed by atoms with van der Waals surface area (Å²) in [4.78, 5) is 25.5. The van der Waals surface area contributed by atoms with E-state index in [0.29, 0.717) is 13.1 Å². The number of aliphatic carboxylic acids is 1. The quantitative estimate of drug-likeness (QED) is 0.862.